The average Bonchev–Trinajstić information content (AvgIpc) is 3.71. The molecule has 0 spiro atoms. The van der Waals surface area contributed by atoms with Gasteiger partial charge in [0.05, 0.1) is 13.2 Å². The van der Waals surface area contributed by atoms with E-state index < -0.39 is 26.5 Å². The van der Waals surface area contributed by atoms with Crippen LogP contribution in [0.25, 0.3) is 0 Å². The molecule has 9 nitrogen and oxygen atoms in total. The van der Waals surface area contributed by atoms with Gasteiger partial charge < -0.3 is 20.1 Å². The number of esters is 2. The summed E-state index contributed by atoms with van der Waals surface area (Å²) in [6.07, 6.45) is 102. The number of nitrogens with two attached hydrogens (primary N) is 1. The van der Waals surface area contributed by atoms with Crippen molar-refractivity contribution < 1.29 is 37.6 Å². The number of hydrogen-bond acceptors (Lipinski definition) is 8. The fraction of sp³-hybridized carbons (Fsp3) is 0.827. The molecule has 0 saturated heterocycles. The quantitative estimate of drug-likeness (QED) is 0.0264. The van der Waals surface area contributed by atoms with Crippen molar-refractivity contribution in [3.05, 3.63) is 72.9 Å². The number of rotatable bonds is 75. The first-order valence-corrected chi connectivity index (χ1v) is 40.9. The highest BCUT2D eigenvalue weighted by Gasteiger charge is 2.26. The molecule has 91 heavy (non-hydrogen) atoms. The Balaban J connectivity index is 3.75. The van der Waals surface area contributed by atoms with Gasteiger partial charge in [-0.1, -0.05) is 376 Å². The molecule has 532 valence electrons. The first-order valence-electron chi connectivity index (χ1n) is 39.4. The summed E-state index contributed by atoms with van der Waals surface area (Å²) >= 11 is 0. The highest BCUT2D eigenvalue weighted by Crippen LogP contribution is 2.43. The minimum atomic E-state index is -4.40. The third-order valence-electron chi connectivity index (χ3n) is 17.6. The molecule has 0 fully saturated rings. The van der Waals surface area contributed by atoms with Crippen LogP contribution in [0, 0.1) is 0 Å². The first-order chi connectivity index (χ1) is 44.8. The summed E-state index contributed by atoms with van der Waals surface area (Å²) in [6, 6.07) is 0. The fourth-order valence-corrected chi connectivity index (χ4v) is 12.5. The molecule has 0 amide bonds. The van der Waals surface area contributed by atoms with Crippen LogP contribution in [0.2, 0.25) is 0 Å². The smallest absolute Gasteiger partial charge is 0.462 e. The summed E-state index contributed by atoms with van der Waals surface area (Å²) in [7, 11) is -4.40. The zero-order valence-electron chi connectivity index (χ0n) is 60.1. The van der Waals surface area contributed by atoms with Gasteiger partial charge in [-0.15, -0.1) is 0 Å². The summed E-state index contributed by atoms with van der Waals surface area (Å²) in [5.41, 5.74) is 5.41. The largest absolute Gasteiger partial charge is 0.472 e. The molecular weight excluding hydrogens is 1150 g/mol. The summed E-state index contributed by atoms with van der Waals surface area (Å²) in [6.45, 7) is 3.69. The topological polar surface area (TPSA) is 134 Å². The van der Waals surface area contributed by atoms with E-state index in [0.29, 0.717) is 6.42 Å². The van der Waals surface area contributed by atoms with Crippen LogP contribution in [0.15, 0.2) is 72.9 Å². The third kappa shape index (κ3) is 76.4. The molecule has 0 aromatic carbocycles. The molecule has 0 heterocycles. The monoisotopic (exact) mass is 1300 g/mol. The maximum absolute atomic E-state index is 12.8. The molecule has 3 N–H and O–H groups in total. The lowest BCUT2D eigenvalue weighted by atomic mass is 10.0. The van der Waals surface area contributed by atoms with Crippen molar-refractivity contribution in [1.29, 1.82) is 0 Å². The molecule has 0 saturated carbocycles. The van der Waals surface area contributed by atoms with Crippen LogP contribution in [0.4, 0.5) is 0 Å². The van der Waals surface area contributed by atoms with Crippen molar-refractivity contribution in [3.63, 3.8) is 0 Å². The summed E-state index contributed by atoms with van der Waals surface area (Å²) < 4.78 is 33.3. The molecular formula is C81H150NO8P. The number of phosphoric ester groups is 1. The molecule has 10 heteroatoms. The van der Waals surface area contributed by atoms with E-state index >= 15 is 0 Å². The maximum Gasteiger partial charge on any atom is 0.472 e. The normalized spacial score (nSPS) is 13.2. The number of ether oxygens (including phenoxy) is 2. The van der Waals surface area contributed by atoms with Gasteiger partial charge >= 0.3 is 19.8 Å². The van der Waals surface area contributed by atoms with Gasteiger partial charge in [0.2, 0.25) is 0 Å². The Morgan fingerprint density at radius 2 is 0.604 bits per heavy atom. The van der Waals surface area contributed by atoms with Crippen molar-refractivity contribution in [2.75, 3.05) is 26.4 Å². The number of hydrogen-bond donors (Lipinski definition) is 2. The predicted octanol–water partition coefficient (Wildman–Crippen LogP) is 26.3. The van der Waals surface area contributed by atoms with Gasteiger partial charge in [-0.3, -0.25) is 18.6 Å². The van der Waals surface area contributed by atoms with Crippen molar-refractivity contribution in [1.82, 2.24) is 0 Å². The Hall–Kier alpha value is -2.55. The second kappa shape index (κ2) is 76.5. The number of phosphoric acid groups is 1. The number of carbonyl (C=O) groups is 2. The van der Waals surface area contributed by atoms with Gasteiger partial charge in [0.1, 0.15) is 6.61 Å². The van der Waals surface area contributed by atoms with E-state index in [1.165, 1.54) is 302 Å². The van der Waals surface area contributed by atoms with Crippen LogP contribution >= 0.6 is 7.82 Å². The second-order valence-corrected chi connectivity index (χ2v) is 28.0. The summed E-state index contributed by atoms with van der Waals surface area (Å²) in [5.74, 6) is -0.806. The van der Waals surface area contributed by atoms with E-state index in [1.807, 2.05) is 0 Å². The second-order valence-electron chi connectivity index (χ2n) is 26.6. The Morgan fingerprint density at radius 1 is 0.341 bits per heavy atom. The zero-order chi connectivity index (χ0) is 65.8. The number of allylic oxidation sites excluding steroid dienone is 12. The van der Waals surface area contributed by atoms with Crippen LogP contribution in [-0.4, -0.2) is 49.3 Å². The summed E-state index contributed by atoms with van der Waals surface area (Å²) in [5, 5.41) is 0. The van der Waals surface area contributed by atoms with Gasteiger partial charge in [0.15, 0.2) is 6.10 Å². The highest BCUT2D eigenvalue weighted by molar-refractivity contribution is 7.47. The molecule has 0 rings (SSSR count). The van der Waals surface area contributed by atoms with Crippen molar-refractivity contribution in [2.24, 2.45) is 5.73 Å². The van der Waals surface area contributed by atoms with Crippen LogP contribution in [0.1, 0.15) is 399 Å². The molecule has 2 unspecified atom stereocenters. The van der Waals surface area contributed by atoms with E-state index in [2.05, 4.69) is 86.8 Å². The van der Waals surface area contributed by atoms with E-state index in [-0.39, 0.29) is 38.6 Å². The van der Waals surface area contributed by atoms with Gasteiger partial charge in [-0.05, 0) is 83.5 Å². The predicted molar refractivity (Wildman–Crippen MR) is 395 cm³/mol. The molecule has 2 atom stereocenters. The van der Waals surface area contributed by atoms with E-state index in [1.54, 1.807) is 0 Å². The maximum atomic E-state index is 12.8. The minimum Gasteiger partial charge on any atom is -0.462 e. The van der Waals surface area contributed by atoms with Gasteiger partial charge in [-0.2, -0.15) is 0 Å². The lowest BCUT2D eigenvalue weighted by molar-refractivity contribution is -0.161. The highest BCUT2D eigenvalue weighted by atomic mass is 31.2. The SMILES string of the molecule is CC/C=C\C/C=C\C/C=C\C/C=C\CCCCCCCCCCCCCCCCCCCCC(=O)OC(COC(=O)CCCCCCCCCCCCCCCCCCCCCCCCCCCCC/C=C\C/C=C\CCCCCCC)COP(=O)(O)OCCN. The average molecular weight is 1300 g/mol. The fourth-order valence-electron chi connectivity index (χ4n) is 11.8. The summed E-state index contributed by atoms with van der Waals surface area (Å²) in [4.78, 5) is 35.4. The first kappa shape index (κ1) is 88.5. The van der Waals surface area contributed by atoms with Crippen molar-refractivity contribution in [2.45, 2.75) is 405 Å². The molecule has 0 bridgehead atoms. The van der Waals surface area contributed by atoms with Crippen LogP contribution in [0.5, 0.6) is 0 Å². The Bertz CT molecular complexity index is 1720. The van der Waals surface area contributed by atoms with Crippen LogP contribution in [-0.2, 0) is 32.7 Å². The van der Waals surface area contributed by atoms with Crippen LogP contribution in [0.3, 0.4) is 0 Å². The van der Waals surface area contributed by atoms with Crippen molar-refractivity contribution in [3.8, 4) is 0 Å². The lowest BCUT2D eigenvalue weighted by Gasteiger charge is -2.19. The molecule has 0 aliphatic carbocycles. The Kier molecular flexibility index (Phi) is 74.3. The third-order valence-corrected chi connectivity index (χ3v) is 18.6. The molecule has 0 aromatic rings. The standard InChI is InChI=1S/C81H150NO8P/c1-3-5-7-9-11-13-15-17-19-21-23-25-27-29-31-33-35-36-37-38-39-40-41-42-44-45-47-49-51-53-55-57-59-61-63-65-67-69-71-73-80(83)87-77-79(78-89-91(85,86)88-76-75-82)90-81(84)74-72-70-68-66-64-62-60-58-56-54-52-50-48-46-43-34-32-30-28-26-24-22-20-18-16-14-12-10-8-6-4-2/h6,8,12,14-15,17-18,20-21,23-24,26,79H,3-5,7,9-11,13,16,19,22,25,27-78,82H2,1-2H3,(H,85,86)/b8-6-,14-12-,17-15-,20-18-,23-21-,26-24-. The Labute approximate surface area is 564 Å². The van der Waals surface area contributed by atoms with E-state index in [9.17, 15) is 19.0 Å². The van der Waals surface area contributed by atoms with Gasteiger partial charge in [-0.25, -0.2) is 4.57 Å². The number of unbranched alkanes of at least 4 members (excludes halogenated alkanes) is 50. The molecule has 0 aliphatic heterocycles. The molecule has 0 aromatic heterocycles. The molecule has 0 radical (unpaired) electrons. The molecule has 0 aliphatic rings. The van der Waals surface area contributed by atoms with Gasteiger partial charge in [0, 0.05) is 19.4 Å². The van der Waals surface area contributed by atoms with E-state index in [0.717, 1.165) is 64.2 Å². The zero-order valence-corrected chi connectivity index (χ0v) is 61.0. The van der Waals surface area contributed by atoms with Crippen LogP contribution < -0.4 is 5.73 Å². The Morgan fingerprint density at radius 3 is 0.901 bits per heavy atom. The van der Waals surface area contributed by atoms with Gasteiger partial charge in [0.25, 0.3) is 0 Å². The van der Waals surface area contributed by atoms with E-state index in [4.69, 9.17) is 24.3 Å². The number of carbonyl (C=O) groups excluding carboxylic acids is 2. The minimum absolute atomic E-state index is 0.0545. The lowest BCUT2D eigenvalue weighted by Crippen LogP contribution is -2.29. The van der Waals surface area contributed by atoms with Crippen molar-refractivity contribution >= 4 is 19.8 Å².